The first-order chi connectivity index (χ1) is 12.8. The van der Waals surface area contributed by atoms with Gasteiger partial charge in [-0.25, -0.2) is 14.6 Å². The molecule has 0 aliphatic rings. The number of aromatic nitrogens is 4. The maximum atomic E-state index is 12.7. The average Bonchev–Trinajstić information content (AvgIpc) is 2.99. The molecule has 6 nitrogen and oxygen atoms in total. The van der Waals surface area contributed by atoms with Crippen molar-refractivity contribution in [3.63, 3.8) is 0 Å². The van der Waals surface area contributed by atoms with Gasteiger partial charge in [0.2, 0.25) is 0 Å². The number of hydrogen-bond donors (Lipinski definition) is 2. The molecule has 2 aromatic carbocycles. The fraction of sp³-hybridized carbons (Fsp3) is 0.0556. The predicted octanol–water partition coefficient (Wildman–Crippen LogP) is 3.67. The van der Waals surface area contributed by atoms with Crippen molar-refractivity contribution in [2.24, 2.45) is 0 Å². The molecular formula is C18H13F3N6. The van der Waals surface area contributed by atoms with Gasteiger partial charge in [-0.2, -0.15) is 13.2 Å². The first kappa shape index (κ1) is 16.8. The highest BCUT2D eigenvalue weighted by Crippen LogP contribution is 2.32. The number of nitrogen functional groups attached to an aromatic ring is 2. The summed E-state index contributed by atoms with van der Waals surface area (Å²) in [5.41, 5.74) is 12.8. The third-order valence-electron chi connectivity index (χ3n) is 4.07. The van der Waals surface area contributed by atoms with Crippen LogP contribution in [0.5, 0.6) is 0 Å². The number of nitrogens with zero attached hydrogens (tertiary/aromatic N) is 4. The van der Waals surface area contributed by atoms with E-state index in [0.29, 0.717) is 16.9 Å². The number of hydrogen-bond acceptors (Lipinski definition) is 5. The van der Waals surface area contributed by atoms with E-state index in [1.54, 1.807) is 0 Å². The highest BCUT2D eigenvalue weighted by atomic mass is 19.4. The standard InChI is InChI=1S/C18H13F3N6/c19-18(20,21)11-6-8-12(9-7-11)27-15(23)13-14(22)24-16(25-17(13)26-27)10-4-2-1-3-5-10/h1-9H,23H2,(H2,22,24,25,26). The highest BCUT2D eigenvalue weighted by Gasteiger charge is 2.30. The van der Waals surface area contributed by atoms with Gasteiger partial charge >= 0.3 is 6.18 Å². The van der Waals surface area contributed by atoms with Crippen molar-refractivity contribution >= 4 is 22.7 Å². The van der Waals surface area contributed by atoms with Gasteiger partial charge in [-0.1, -0.05) is 30.3 Å². The fourth-order valence-electron chi connectivity index (χ4n) is 2.74. The predicted molar refractivity (Wildman–Crippen MR) is 95.9 cm³/mol. The van der Waals surface area contributed by atoms with Gasteiger partial charge in [-0.3, -0.25) is 0 Å². The van der Waals surface area contributed by atoms with E-state index in [0.717, 1.165) is 17.7 Å². The monoisotopic (exact) mass is 370 g/mol. The minimum atomic E-state index is -4.42. The molecule has 0 atom stereocenters. The van der Waals surface area contributed by atoms with Crippen molar-refractivity contribution in [2.75, 3.05) is 11.5 Å². The van der Waals surface area contributed by atoms with Gasteiger partial charge in [0.15, 0.2) is 11.5 Å². The smallest absolute Gasteiger partial charge is 0.383 e. The normalized spacial score (nSPS) is 11.8. The minimum Gasteiger partial charge on any atom is -0.383 e. The van der Waals surface area contributed by atoms with Gasteiger partial charge in [-0.15, -0.1) is 5.10 Å². The van der Waals surface area contributed by atoms with Crippen LogP contribution in [-0.2, 0) is 6.18 Å². The molecule has 0 unspecified atom stereocenters. The molecule has 2 aromatic heterocycles. The van der Waals surface area contributed by atoms with Crippen LogP contribution in [0.3, 0.4) is 0 Å². The van der Waals surface area contributed by atoms with Gasteiger partial charge in [0.25, 0.3) is 0 Å². The first-order valence-electron chi connectivity index (χ1n) is 7.89. The molecule has 0 spiro atoms. The Bertz CT molecular complexity index is 1120. The third kappa shape index (κ3) is 2.92. The van der Waals surface area contributed by atoms with Crippen LogP contribution in [0.15, 0.2) is 54.6 Å². The van der Waals surface area contributed by atoms with E-state index >= 15 is 0 Å². The second-order valence-corrected chi connectivity index (χ2v) is 5.84. The van der Waals surface area contributed by atoms with Crippen molar-refractivity contribution in [1.82, 2.24) is 19.7 Å². The summed E-state index contributed by atoms with van der Waals surface area (Å²) in [6.45, 7) is 0. The van der Waals surface area contributed by atoms with Crippen LogP contribution in [0.2, 0.25) is 0 Å². The Hall–Kier alpha value is -3.62. The second-order valence-electron chi connectivity index (χ2n) is 5.84. The second kappa shape index (κ2) is 5.97. The number of nitrogens with two attached hydrogens (primary N) is 2. The topological polar surface area (TPSA) is 95.6 Å². The third-order valence-corrected chi connectivity index (χ3v) is 4.07. The molecule has 0 radical (unpaired) electrons. The number of benzene rings is 2. The highest BCUT2D eigenvalue weighted by molar-refractivity contribution is 5.96. The molecule has 4 rings (SSSR count). The lowest BCUT2D eigenvalue weighted by molar-refractivity contribution is -0.137. The van der Waals surface area contributed by atoms with E-state index in [-0.39, 0.29) is 17.3 Å². The molecule has 0 bridgehead atoms. The van der Waals surface area contributed by atoms with E-state index in [9.17, 15) is 13.2 Å². The zero-order chi connectivity index (χ0) is 19.2. The van der Waals surface area contributed by atoms with Crippen LogP contribution in [0.25, 0.3) is 28.1 Å². The number of rotatable bonds is 2. The summed E-state index contributed by atoms with van der Waals surface area (Å²) >= 11 is 0. The summed E-state index contributed by atoms with van der Waals surface area (Å²) in [5.74, 6) is 0.689. The van der Waals surface area contributed by atoms with Crippen LogP contribution in [0.1, 0.15) is 5.56 Å². The summed E-state index contributed by atoms with van der Waals surface area (Å²) in [6.07, 6.45) is -4.42. The number of halogens is 3. The Kier molecular flexibility index (Phi) is 3.72. The molecular weight excluding hydrogens is 357 g/mol. The SMILES string of the molecule is Nc1nc(-c2ccccc2)nc2nn(-c3ccc(C(F)(F)F)cc3)c(N)c12. The minimum absolute atomic E-state index is 0.148. The van der Waals surface area contributed by atoms with Crippen molar-refractivity contribution in [2.45, 2.75) is 6.18 Å². The summed E-state index contributed by atoms with van der Waals surface area (Å²) in [6, 6.07) is 13.7. The van der Waals surface area contributed by atoms with Crippen LogP contribution in [0.4, 0.5) is 24.8 Å². The number of anilines is 2. The summed E-state index contributed by atoms with van der Waals surface area (Å²) in [4.78, 5) is 8.66. The van der Waals surface area contributed by atoms with Crippen LogP contribution >= 0.6 is 0 Å². The van der Waals surface area contributed by atoms with E-state index in [4.69, 9.17) is 11.5 Å². The van der Waals surface area contributed by atoms with Crippen LogP contribution in [0, 0.1) is 0 Å². The molecule has 0 saturated carbocycles. The summed E-state index contributed by atoms with van der Waals surface area (Å²) < 4.78 is 39.5. The van der Waals surface area contributed by atoms with Gasteiger partial charge in [0.05, 0.1) is 11.3 Å². The van der Waals surface area contributed by atoms with Crippen molar-refractivity contribution < 1.29 is 13.2 Å². The molecule has 0 saturated heterocycles. The van der Waals surface area contributed by atoms with Crippen molar-refractivity contribution in [3.8, 4) is 17.1 Å². The molecule has 4 N–H and O–H groups in total. The fourth-order valence-corrected chi connectivity index (χ4v) is 2.74. The molecule has 0 aliphatic heterocycles. The lowest BCUT2D eigenvalue weighted by atomic mass is 10.2. The van der Waals surface area contributed by atoms with Crippen LogP contribution in [-0.4, -0.2) is 19.7 Å². The zero-order valence-electron chi connectivity index (χ0n) is 13.8. The van der Waals surface area contributed by atoms with E-state index < -0.39 is 11.7 Å². The summed E-state index contributed by atoms with van der Waals surface area (Å²) in [5, 5.41) is 4.66. The molecule has 0 amide bonds. The van der Waals surface area contributed by atoms with Gasteiger partial charge < -0.3 is 11.5 Å². The Morgan fingerprint density at radius 3 is 2.15 bits per heavy atom. The Labute approximate surface area is 151 Å². The van der Waals surface area contributed by atoms with Crippen molar-refractivity contribution in [3.05, 3.63) is 60.2 Å². The maximum absolute atomic E-state index is 12.7. The number of fused-ring (bicyclic) bond motifs is 1. The van der Waals surface area contributed by atoms with Crippen LogP contribution < -0.4 is 11.5 Å². The zero-order valence-corrected chi connectivity index (χ0v) is 13.8. The molecule has 2 heterocycles. The number of alkyl halides is 3. The average molecular weight is 370 g/mol. The van der Waals surface area contributed by atoms with Gasteiger partial charge in [-0.05, 0) is 24.3 Å². The van der Waals surface area contributed by atoms with E-state index in [1.807, 2.05) is 30.3 Å². The van der Waals surface area contributed by atoms with E-state index in [2.05, 4.69) is 15.1 Å². The lowest BCUT2D eigenvalue weighted by Crippen LogP contribution is -2.06. The summed E-state index contributed by atoms with van der Waals surface area (Å²) in [7, 11) is 0. The largest absolute Gasteiger partial charge is 0.416 e. The van der Waals surface area contributed by atoms with Crippen molar-refractivity contribution in [1.29, 1.82) is 0 Å². The molecule has 136 valence electrons. The molecule has 9 heteroatoms. The molecule has 0 aliphatic carbocycles. The lowest BCUT2D eigenvalue weighted by Gasteiger charge is -2.08. The molecule has 27 heavy (non-hydrogen) atoms. The Balaban J connectivity index is 1.83. The molecule has 4 aromatic rings. The Morgan fingerprint density at radius 2 is 1.52 bits per heavy atom. The van der Waals surface area contributed by atoms with Gasteiger partial charge in [0.1, 0.15) is 17.0 Å². The maximum Gasteiger partial charge on any atom is 0.416 e. The molecule has 0 fully saturated rings. The Morgan fingerprint density at radius 1 is 0.852 bits per heavy atom. The van der Waals surface area contributed by atoms with Gasteiger partial charge in [0, 0.05) is 5.56 Å². The van der Waals surface area contributed by atoms with E-state index in [1.165, 1.54) is 16.8 Å². The quantitative estimate of drug-likeness (QED) is 0.561. The first-order valence-corrected chi connectivity index (χ1v) is 7.89.